The quantitative estimate of drug-likeness (QED) is 0.561. The van der Waals surface area contributed by atoms with Crippen molar-refractivity contribution in [3.8, 4) is 28.5 Å². The molecule has 0 unspecified atom stereocenters. The lowest BCUT2D eigenvalue weighted by molar-refractivity contribution is 1.33. The summed E-state index contributed by atoms with van der Waals surface area (Å²) in [4.78, 5) is 7.93. The van der Waals surface area contributed by atoms with Gasteiger partial charge in [0.2, 0.25) is 0 Å². The largest absolute Gasteiger partial charge is 0.360 e. The number of aromatic amines is 1. The molecule has 4 aromatic rings. The molecular weight excluding hydrogens is 294 g/mol. The first-order chi connectivity index (χ1) is 11.8. The van der Waals surface area contributed by atoms with Crippen LogP contribution in [0.2, 0.25) is 0 Å². The summed E-state index contributed by atoms with van der Waals surface area (Å²) in [6, 6.07) is 20.3. The van der Waals surface area contributed by atoms with Gasteiger partial charge in [-0.3, -0.25) is 4.98 Å². The van der Waals surface area contributed by atoms with E-state index in [0.717, 1.165) is 33.3 Å². The number of aryl methyl sites for hydroxylation is 1. The summed E-state index contributed by atoms with van der Waals surface area (Å²) in [6.07, 6.45) is 3.80. The molecule has 0 saturated heterocycles. The van der Waals surface area contributed by atoms with Gasteiger partial charge in [-0.05, 0) is 30.7 Å². The molecule has 0 spiro atoms. The second-order valence-corrected chi connectivity index (χ2v) is 5.84. The average molecular weight is 309 g/mol. The third kappa shape index (κ3) is 2.35. The Hall–Kier alpha value is -3.38. The van der Waals surface area contributed by atoms with Gasteiger partial charge in [-0.15, -0.1) is 0 Å². The highest BCUT2D eigenvalue weighted by molar-refractivity contribution is 6.01. The van der Waals surface area contributed by atoms with Crippen molar-refractivity contribution in [1.29, 1.82) is 5.26 Å². The predicted molar refractivity (Wildman–Crippen MR) is 96.4 cm³/mol. The minimum Gasteiger partial charge on any atom is -0.360 e. The maximum Gasteiger partial charge on any atom is 0.0991 e. The third-order valence-corrected chi connectivity index (χ3v) is 4.24. The smallest absolute Gasteiger partial charge is 0.0991 e. The van der Waals surface area contributed by atoms with Crippen molar-refractivity contribution in [3.05, 3.63) is 78.1 Å². The van der Waals surface area contributed by atoms with Gasteiger partial charge in [-0.1, -0.05) is 42.0 Å². The van der Waals surface area contributed by atoms with E-state index in [1.54, 1.807) is 0 Å². The molecule has 0 aliphatic carbocycles. The minimum absolute atomic E-state index is 0.657. The number of pyridine rings is 1. The summed E-state index contributed by atoms with van der Waals surface area (Å²) in [5.41, 5.74) is 7.07. The van der Waals surface area contributed by atoms with Gasteiger partial charge in [0.15, 0.2) is 0 Å². The molecule has 24 heavy (non-hydrogen) atoms. The molecule has 114 valence electrons. The van der Waals surface area contributed by atoms with Crippen LogP contribution in [0.25, 0.3) is 33.3 Å². The zero-order valence-corrected chi connectivity index (χ0v) is 13.2. The Bertz CT molecular complexity index is 1050. The van der Waals surface area contributed by atoms with E-state index < -0.39 is 0 Å². The second kappa shape index (κ2) is 5.68. The lowest BCUT2D eigenvalue weighted by Crippen LogP contribution is -1.91. The van der Waals surface area contributed by atoms with Crippen molar-refractivity contribution in [2.75, 3.05) is 0 Å². The van der Waals surface area contributed by atoms with Gasteiger partial charge < -0.3 is 4.98 Å². The van der Waals surface area contributed by atoms with Crippen LogP contribution in [0, 0.1) is 18.3 Å². The van der Waals surface area contributed by atoms with Crippen molar-refractivity contribution in [2.45, 2.75) is 6.92 Å². The number of H-pyrrole nitrogens is 1. The molecular formula is C21H15N3. The molecule has 0 radical (unpaired) electrons. The van der Waals surface area contributed by atoms with Crippen LogP contribution < -0.4 is 0 Å². The molecule has 0 amide bonds. The highest BCUT2D eigenvalue weighted by Gasteiger charge is 2.14. The second-order valence-electron chi connectivity index (χ2n) is 5.84. The van der Waals surface area contributed by atoms with Gasteiger partial charge in [0, 0.05) is 22.7 Å². The van der Waals surface area contributed by atoms with Gasteiger partial charge in [0.25, 0.3) is 0 Å². The number of nitrogens with one attached hydrogen (secondary N) is 1. The van der Waals surface area contributed by atoms with E-state index in [4.69, 9.17) is 10.2 Å². The van der Waals surface area contributed by atoms with E-state index in [0.29, 0.717) is 5.56 Å². The van der Waals surface area contributed by atoms with Crippen molar-refractivity contribution in [2.24, 2.45) is 0 Å². The summed E-state index contributed by atoms with van der Waals surface area (Å²) in [5, 5.41) is 10.2. The fourth-order valence-electron chi connectivity index (χ4n) is 2.96. The van der Waals surface area contributed by atoms with Crippen molar-refractivity contribution < 1.29 is 0 Å². The molecule has 2 aromatic carbocycles. The first kappa shape index (κ1) is 14.2. The predicted octanol–water partition coefficient (Wildman–Crippen LogP) is 5.08. The van der Waals surface area contributed by atoms with Crippen LogP contribution in [0.1, 0.15) is 11.1 Å². The minimum atomic E-state index is 0.657. The Morgan fingerprint density at radius 1 is 0.917 bits per heavy atom. The fourth-order valence-corrected chi connectivity index (χ4v) is 2.96. The monoisotopic (exact) mass is 309 g/mol. The number of benzene rings is 2. The van der Waals surface area contributed by atoms with E-state index in [1.807, 2.05) is 36.7 Å². The maximum atomic E-state index is 9.03. The number of nitrogens with zero attached hydrogens (tertiary/aromatic N) is 2. The molecule has 4 rings (SSSR count). The van der Waals surface area contributed by atoms with Crippen LogP contribution in [-0.4, -0.2) is 9.97 Å². The van der Waals surface area contributed by atoms with Crippen LogP contribution in [0.15, 0.2) is 67.0 Å². The Morgan fingerprint density at radius 3 is 2.33 bits per heavy atom. The maximum absolute atomic E-state index is 9.03. The molecule has 2 aromatic heterocycles. The lowest BCUT2D eigenvalue weighted by Gasteiger charge is -2.11. The highest BCUT2D eigenvalue weighted by Crippen LogP contribution is 2.36. The number of aromatic nitrogens is 2. The van der Waals surface area contributed by atoms with Gasteiger partial charge in [0.05, 0.1) is 29.0 Å². The molecule has 1 N–H and O–H groups in total. The van der Waals surface area contributed by atoms with Crippen molar-refractivity contribution in [3.63, 3.8) is 0 Å². The van der Waals surface area contributed by atoms with Crippen molar-refractivity contribution in [1.82, 2.24) is 9.97 Å². The lowest BCUT2D eigenvalue weighted by atomic mass is 9.95. The zero-order chi connectivity index (χ0) is 16.5. The number of nitriles is 1. The van der Waals surface area contributed by atoms with E-state index in [9.17, 15) is 0 Å². The summed E-state index contributed by atoms with van der Waals surface area (Å²) >= 11 is 0. The van der Waals surface area contributed by atoms with Gasteiger partial charge in [-0.2, -0.15) is 5.26 Å². The molecule has 3 heteroatoms. The number of hydrogen-bond donors (Lipinski definition) is 1. The molecule has 0 atom stereocenters. The van der Waals surface area contributed by atoms with E-state index in [2.05, 4.69) is 48.3 Å². The third-order valence-electron chi connectivity index (χ3n) is 4.24. The molecule has 2 heterocycles. The number of rotatable bonds is 2. The summed E-state index contributed by atoms with van der Waals surface area (Å²) in [5.74, 6) is 0. The van der Waals surface area contributed by atoms with Crippen molar-refractivity contribution >= 4 is 10.9 Å². The molecule has 0 fully saturated rings. The van der Waals surface area contributed by atoms with Gasteiger partial charge in [-0.25, -0.2) is 0 Å². The topological polar surface area (TPSA) is 52.5 Å². The first-order valence-electron chi connectivity index (χ1n) is 7.80. The first-order valence-corrected chi connectivity index (χ1v) is 7.80. The summed E-state index contributed by atoms with van der Waals surface area (Å²) in [7, 11) is 0. The normalized spacial score (nSPS) is 10.7. The molecule has 0 aliphatic heterocycles. The highest BCUT2D eigenvalue weighted by atomic mass is 14.7. The van der Waals surface area contributed by atoms with Crippen LogP contribution in [-0.2, 0) is 0 Å². The molecule has 0 bridgehead atoms. The number of hydrogen-bond acceptors (Lipinski definition) is 2. The Balaban J connectivity index is 2.00. The number of fused-ring (bicyclic) bond motifs is 1. The van der Waals surface area contributed by atoms with Crippen LogP contribution in [0.5, 0.6) is 0 Å². The standard InChI is InChI=1S/C21H15N3/c1-14-2-6-17(7-3-14)21-20(16-8-4-15(12-22)5-9-16)18-10-11-23-19(18)13-24-21/h2-11,13,23H,1H3. The zero-order valence-electron chi connectivity index (χ0n) is 13.2. The van der Waals surface area contributed by atoms with Crippen LogP contribution >= 0.6 is 0 Å². The van der Waals surface area contributed by atoms with E-state index >= 15 is 0 Å². The van der Waals surface area contributed by atoms with E-state index in [-0.39, 0.29) is 0 Å². The summed E-state index contributed by atoms with van der Waals surface area (Å²) in [6.45, 7) is 2.08. The van der Waals surface area contributed by atoms with Crippen LogP contribution in [0.3, 0.4) is 0 Å². The Labute approximate surface area is 140 Å². The van der Waals surface area contributed by atoms with E-state index in [1.165, 1.54) is 5.56 Å². The SMILES string of the molecule is Cc1ccc(-c2ncc3[nH]ccc3c2-c2ccc(C#N)cc2)cc1. The molecule has 3 nitrogen and oxygen atoms in total. The average Bonchev–Trinajstić information content (AvgIpc) is 3.10. The molecule has 0 aliphatic rings. The fraction of sp³-hybridized carbons (Fsp3) is 0.0476. The summed E-state index contributed by atoms with van der Waals surface area (Å²) < 4.78 is 0. The Morgan fingerprint density at radius 2 is 1.62 bits per heavy atom. The van der Waals surface area contributed by atoms with Crippen LogP contribution in [0.4, 0.5) is 0 Å². The Kier molecular flexibility index (Phi) is 3.36. The molecule has 0 saturated carbocycles. The van der Waals surface area contributed by atoms with Gasteiger partial charge >= 0.3 is 0 Å². The van der Waals surface area contributed by atoms with Gasteiger partial charge in [0.1, 0.15) is 0 Å².